The van der Waals surface area contributed by atoms with E-state index < -0.39 is 0 Å². The number of nitrogens with one attached hydrogen (secondary N) is 1. The lowest BCUT2D eigenvalue weighted by molar-refractivity contribution is 0.143. The maximum atomic E-state index is 12.9. The number of nitrogens with zero attached hydrogens (tertiary/aromatic N) is 1. The zero-order chi connectivity index (χ0) is 13.0. The first-order valence-electron chi connectivity index (χ1n) is 6.75. The highest BCUT2D eigenvalue weighted by Crippen LogP contribution is 2.25. The van der Waals surface area contributed by atoms with E-state index in [-0.39, 0.29) is 11.4 Å². The smallest absolute Gasteiger partial charge is 0.123 e. The summed E-state index contributed by atoms with van der Waals surface area (Å²) in [4.78, 5) is 2.39. The summed E-state index contributed by atoms with van der Waals surface area (Å²) in [5.74, 6) is -0.153. The van der Waals surface area contributed by atoms with Crippen LogP contribution in [0.3, 0.4) is 0 Å². The maximum absolute atomic E-state index is 12.9. The second kappa shape index (κ2) is 5.81. The normalized spacial score (nSPS) is 25.3. The zero-order valence-electron chi connectivity index (χ0n) is 11.4. The SMILES string of the molecule is CNC1(CCc2ccc(F)cc2)CCCN(C)C1. The summed E-state index contributed by atoms with van der Waals surface area (Å²) in [7, 11) is 4.24. The molecule has 0 saturated carbocycles. The Morgan fingerprint density at radius 3 is 2.67 bits per heavy atom. The van der Waals surface area contributed by atoms with Crippen molar-refractivity contribution in [1.29, 1.82) is 0 Å². The van der Waals surface area contributed by atoms with Crippen molar-refractivity contribution in [2.75, 3.05) is 27.2 Å². The van der Waals surface area contributed by atoms with Crippen LogP contribution in [0, 0.1) is 5.82 Å². The van der Waals surface area contributed by atoms with Crippen LogP contribution in [-0.2, 0) is 6.42 Å². The molecule has 0 aliphatic carbocycles. The Hall–Kier alpha value is -0.930. The van der Waals surface area contributed by atoms with Gasteiger partial charge in [0.05, 0.1) is 0 Å². The van der Waals surface area contributed by atoms with Gasteiger partial charge in [0.2, 0.25) is 0 Å². The van der Waals surface area contributed by atoms with E-state index in [4.69, 9.17) is 0 Å². The van der Waals surface area contributed by atoms with E-state index in [0.717, 1.165) is 19.4 Å². The molecule has 3 heteroatoms. The summed E-state index contributed by atoms with van der Waals surface area (Å²) in [5, 5.41) is 3.51. The second-order valence-electron chi connectivity index (χ2n) is 5.50. The molecule has 2 nitrogen and oxygen atoms in total. The zero-order valence-corrected chi connectivity index (χ0v) is 11.4. The summed E-state index contributed by atoms with van der Waals surface area (Å²) < 4.78 is 12.9. The van der Waals surface area contributed by atoms with Crippen LogP contribution in [-0.4, -0.2) is 37.6 Å². The lowest BCUT2D eigenvalue weighted by atomic mass is 9.84. The Bertz CT molecular complexity index is 377. The fraction of sp³-hybridized carbons (Fsp3) is 0.600. The van der Waals surface area contributed by atoms with E-state index >= 15 is 0 Å². The molecule has 0 spiro atoms. The van der Waals surface area contributed by atoms with E-state index in [1.165, 1.54) is 24.9 Å². The van der Waals surface area contributed by atoms with E-state index in [9.17, 15) is 4.39 Å². The molecule has 1 aliphatic heterocycles. The maximum Gasteiger partial charge on any atom is 0.123 e. The van der Waals surface area contributed by atoms with Gasteiger partial charge in [0.15, 0.2) is 0 Å². The molecule has 0 aromatic heterocycles. The van der Waals surface area contributed by atoms with Gasteiger partial charge in [-0.05, 0) is 64.0 Å². The fourth-order valence-corrected chi connectivity index (χ4v) is 2.93. The molecule has 18 heavy (non-hydrogen) atoms. The average Bonchev–Trinajstić information content (AvgIpc) is 2.38. The van der Waals surface area contributed by atoms with Gasteiger partial charge in [0.1, 0.15) is 5.82 Å². The van der Waals surface area contributed by atoms with Gasteiger partial charge < -0.3 is 10.2 Å². The van der Waals surface area contributed by atoms with Crippen molar-refractivity contribution in [3.05, 3.63) is 35.6 Å². The Kier molecular flexibility index (Phi) is 4.36. The van der Waals surface area contributed by atoms with Gasteiger partial charge in [0.25, 0.3) is 0 Å². The molecule has 1 heterocycles. The number of aryl methyl sites for hydroxylation is 1. The van der Waals surface area contributed by atoms with Crippen molar-refractivity contribution in [1.82, 2.24) is 10.2 Å². The van der Waals surface area contributed by atoms with Crippen molar-refractivity contribution >= 4 is 0 Å². The fourth-order valence-electron chi connectivity index (χ4n) is 2.93. The lowest BCUT2D eigenvalue weighted by Gasteiger charge is -2.41. The predicted octanol–water partition coefficient (Wildman–Crippen LogP) is 2.44. The Labute approximate surface area is 109 Å². The Balaban J connectivity index is 1.96. The number of hydrogen-bond donors (Lipinski definition) is 1. The topological polar surface area (TPSA) is 15.3 Å². The predicted molar refractivity (Wildman–Crippen MR) is 73.2 cm³/mol. The molecule has 1 aromatic rings. The number of likely N-dealkylation sites (N-methyl/N-ethyl adjacent to an activating group) is 2. The Morgan fingerprint density at radius 1 is 1.33 bits per heavy atom. The molecule has 1 N–H and O–H groups in total. The van der Waals surface area contributed by atoms with Gasteiger partial charge in [-0.3, -0.25) is 0 Å². The molecule has 1 aliphatic rings. The third-order valence-electron chi connectivity index (χ3n) is 4.10. The molecule has 0 amide bonds. The van der Waals surface area contributed by atoms with Crippen LogP contribution in [0.1, 0.15) is 24.8 Å². The average molecular weight is 250 g/mol. The minimum atomic E-state index is -0.153. The molecular weight excluding hydrogens is 227 g/mol. The van der Waals surface area contributed by atoms with E-state index in [1.54, 1.807) is 12.1 Å². The summed E-state index contributed by atoms with van der Waals surface area (Å²) >= 11 is 0. The van der Waals surface area contributed by atoms with Crippen molar-refractivity contribution in [2.24, 2.45) is 0 Å². The molecule has 2 rings (SSSR count). The first-order valence-corrected chi connectivity index (χ1v) is 6.75. The van der Waals surface area contributed by atoms with Crippen LogP contribution >= 0.6 is 0 Å². The molecule has 1 fully saturated rings. The molecule has 1 atom stereocenters. The summed E-state index contributed by atoms with van der Waals surface area (Å²) in [5.41, 5.74) is 1.45. The third-order valence-corrected chi connectivity index (χ3v) is 4.10. The van der Waals surface area contributed by atoms with Crippen LogP contribution in [0.4, 0.5) is 4.39 Å². The second-order valence-corrected chi connectivity index (χ2v) is 5.50. The van der Waals surface area contributed by atoms with Gasteiger partial charge in [-0.25, -0.2) is 4.39 Å². The number of halogens is 1. The minimum Gasteiger partial charge on any atom is -0.313 e. The standard InChI is InChI=1S/C15H23FN2/c1-17-15(9-3-11-18(2)12-15)10-8-13-4-6-14(16)7-5-13/h4-7,17H,3,8-12H2,1-2H3. The van der Waals surface area contributed by atoms with Gasteiger partial charge >= 0.3 is 0 Å². The molecular formula is C15H23FN2. The monoisotopic (exact) mass is 250 g/mol. The highest BCUT2D eigenvalue weighted by molar-refractivity contribution is 5.16. The van der Waals surface area contributed by atoms with Crippen LogP contribution in [0.2, 0.25) is 0 Å². The summed E-state index contributed by atoms with van der Waals surface area (Å²) in [6.07, 6.45) is 4.60. The molecule has 100 valence electrons. The minimum absolute atomic E-state index is 0.153. The van der Waals surface area contributed by atoms with Crippen molar-refractivity contribution in [3.63, 3.8) is 0 Å². The van der Waals surface area contributed by atoms with E-state index in [1.807, 2.05) is 12.1 Å². The number of rotatable bonds is 4. The van der Waals surface area contributed by atoms with Crippen molar-refractivity contribution in [2.45, 2.75) is 31.2 Å². The molecule has 0 radical (unpaired) electrons. The van der Waals surface area contributed by atoms with E-state index in [2.05, 4.69) is 24.3 Å². The third kappa shape index (κ3) is 3.30. The molecule has 1 unspecified atom stereocenters. The van der Waals surface area contributed by atoms with Gasteiger partial charge in [0, 0.05) is 12.1 Å². The van der Waals surface area contributed by atoms with Crippen molar-refractivity contribution < 1.29 is 4.39 Å². The first-order chi connectivity index (χ1) is 8.63. The largest absolute Gasteiger partial charge is 0.313 e. The lowest BCUT2D eigenvalue weighted by Crippen LogP contribution is -2.55. The van der Waals surface area contributed by atoms with Crippen LogP contribution in [0.15, 0.2) is 24.3 Å². The Morgan fingerprint density at radius 2 is 2.06 bits per heavy atom. The van der Waals surface area contributed by atoms with Gasteiger partial charge in [-0.1, -0.05) is 12.1 Å². The number of benzene rings is 1. The van der Waals surface area contributed by atoms with Gasteiger partial charge in [-0.15, -0.1) is 0 Å². The van der Waals surface area contributed by atoms with Crippen LogP contribution in [0.25, 0.3) is 0 Å². The first kappa shape index (κ1) is 13.5. The highest BCUT2D eigenvalue weighted by Gasteiger charge is 2.32. The molecule has 0 bridgehead atoms. The summed E-state index contributed by atoms with van der Waals surface area (Å²) in [6.45, 7) is 2.30. The quantitative estimate of drug-likeness (QED) is 0.883. The number of hydrogen-bond acceptors (Lipinski definition) is 2. The number of piperidine rings is 1. The van der Waals surface area contributed by atoms with Crippen molar-refractivity contribution in [3.8, 4) is 0 Å². The number of likely N-dealkylation sites (tertiary alicyclic amines) is 1. The molecule has 1 aromatic carbocycles. The highest BCUT2D eigenvalue weighted by atomic mass is 19.1. The van der Waals surface area contributed by atoms with Gasteiger partial charge in [-0.2, -0.15) is 0 Å². The molecule has 1 saturated heterocycles. The van der Waals surface area contributed by atoms with E-state index in [0.29, 0.717) is 0 Å². The summed E-state index contributed by atoms with van der Waals surface area (Å²) in [6, 6.07) is 6.89. The van der Waals surface area contributed by atoms with Crippen LogP contribution < -0.4 is 5.32 Å². The van der Waals surface area contributed by atoms with Crippen LogP contribution in [0.5, 0.6) is 0 Å².